The molecule has 0 radical (unpaired) electrons. The van der Waals surface area contributed by atoms with E-state index in [1.54, 1.807) is 6.20 Å². The van der Waals surface area contributed by atoms with Gasteiger partial charge in [0.1, 0.15) is 0 Å². The summed E-state index contributed by atoms with van der Waals surface area (Å²) in [4.78, 5) is 4.37. The van der Waals surface area contributed by atoms with Crippen LogP contribution >= 0.6 is 11.6 Å². The van der Waals surface area contributed by atoms with E-state index in [1.807, 2.05) is 25.1 Å². The molecule has 0 fully saturated rings. The first-order valence-corrected chi connectivity index (χ1v) is 6.72. The molecule has 2 N–H and O–H groups in total. The number of anilines is 3. The minimum Gasteiger partial charge on any atom is -0.364 e. The monoisotopic (exact) mass is 291 g/mol. The van der Waals surface area contributed by atoms with Crippen LogP contribution in [0.25, 0.3) is 0 Å². The molecule has 0 amide bonds. The Morgan fingerprint density at radius 3 is 2.60 bits per heavy atom. The molecule has 1 aromatic heterocycles. The largest absolute Gasteiger partial charge is 0.364 e. The molecule has 106 valence electrons. The first-order valence-electron chi connectivity index (χ1n) is 6.34. The van der Waals surface area contributed by atoms with Crippen LogP contribution in [-0.4, -0.2) is 20.7 Å². The first kappa shape index (κ1) is 14.5. The highest BCUT2D eigenvalue weighted by Crippen LogP contribution is 2.22. The molecule has 0 spiro atoms. The SMILES string of the molecule is Cc1ccc(Nc2nncc(NC(C)(C)C)n2)cc1Cl. The molecular weight excluding hydrogens is 274 g/mol. The van der Waals surface area contributed by atoms with E-state index in [2.05, 4.69) is 46.6 Å². The van der Waals surface area contributed by atoms with Crippen molar-refractivity contribution in [3.05, 3.63) is 35.0 Å². The lowest BCUT2D eigenvalue weighted by Gasteiger charge is -2.20. The van der Waals surface area contributed by atoms with Crippen LogP contribution in [0.3, 0.4) is 0 Å². The van der Waals surface area contributed by atoms with Gasteiger partial charge in [-0.3, -0.25) is 0 Å². The fourth-order valence-electron chi connectivity index (χ4n) is 1.60. The van der Waals surface area contributed by atoms with Crippen molar-refractivity contribution in [2.75, 3.05) is 10.6 Å². The molecule has 1 aromatic carbocycles. The van der Waals surface area contributed by atoms with Gasteiger partial charge in [0, 0.05) is 16.2 Å². The lowest BCUT2D eigenvalue weighted by atomic mass is 10.1. The summed E-state index contributed by atoms with van der Waals surface area (Å²) in [5, 5.41) is 14.9. The Labute approximate surface area is 123 Å². The van der Waals surface area contributed by atoms with Crippen LogP contribution in [0.1, 0.15) is 26.3 Å². The summed E-state index contributed by atoms with van der Waals surface area (Å²) in [5.41, 5.74) is 1.77. The number of hydrogen-bond acceptors (Lipinski definition) is 5. The van der Waals surface area contributed by atoms with E-state index in [9.17, 15) is 0 Å². The minimum atomic E-state index is -0.0829. The Morgan fingerprint density at radius 1 is 1.20 bits per heavy atom. The summed E-state index contributed by atoms with van der Waals surface area (Å²) < 4.78 is 0. The number of nitrogens with zero attached hydrogens (tertiary/aromatic N) is 3. The molecule has 1 heterocycles. The quantitative estimate of drug-likeness (QED) is 0.901. The summed E-state index contributed by atoms with van der Waals surface area (Å²) in [6, 6.07) is 5.70. The standard InChI is InChI=1S/C14H18ClN5/c1-9-5-6-10(7-11(9)15)17-13-18-12(8-16-20-13)19-14(2,3)4/h5-8H,1-4H3,(H2,17,18,19,20). The van der Waals surface area contributed by atoms with Gasteiger partial charge in [-0.15, -0.1) is 5.10 Å². The lowest BCUT2D eigenvalue weighted by molar-refractivity contribution is 0.629. The topological polar surface area (TPSA) is 62.7 Å². The Hall–Kier alpha value is -1.88. The Balaban J connectivity index is 2.17. The zero-order valence-corrected chi connectivity index (χ0v) is 12.8. The normalized spacial score (nSPS) is 11.2. The maximum absolute atomic E-state index is 6.09. The molecule has 0 aliphatic rings. The van der Waals surface area contributed by atoms with Crippen LogP contribution in [-0.2, 0) is 0 Å². The fraction of sp³-hybridized carbons (Fsp3) is 0.357. The van der Waals surface area contributed by atoms with Crippen molar-refractivity contribution in [1.82, 2.24) is 15.2 Å². The molecule has 0 unspecified atom stereocenters. The molecule has 20 heavy (non-hydrogen) atoms. The summed E-state index contributed by atoms with van der Waals surface area (Å²) in [6.45, 7) is 8.13. The van der Waals surface area contributed by atoms with Gasteiger partial charge in [-0.25, -0.2) is 0 Å². The average Bonchev–Trinajstić information content (AvgIpc) is 2.32. The van der Waals surface area contributed by atoms with Gasteiger partial charge >= 0.3 is 0 Å². The summed E-state index contributed by atoms with van der Waals surface area (Å²) in [6.07, 6.45) is 1.60. The van der Waals surface area contributed by atoms with E-state index in [4.69, 9.17) is 11.6 Å². The van der Waals surface area contributed by atoms with Crippen molar-refractivity contribution in [3.63, 3.8) is 0 Å². The smallest absolute Gasteiger partial charge is 0.249 e. The van der Waals surface area contributed by atoms with Crippen LogP contribution in [0.2, 0.25) is 5.02 Å². The van der Waals surface area contributed by atoms with Crippen molar-refractivity contribution < 1.29 is 0 Å². The first-order chi connectivity index (χ1) is 9.33. The lowest BCUT2D eigenvalue weighted by Crippen LogP contribution is -2.27. The number of aromatic nitrogens is 3. The van der Waals surface area contributed by atoms with Crippen LogP contribution in [0.15, 0.2) is 24.4 Å². The van der Waals surface area contributed by atoms with Gasteiger partial charge in [0.15, 0.2) is 5.82 Å². The minimum absolute atomic E-state index is 0.0829. The maximum Gasteiger partial charge on any atom is 0.249 e. The maximum atomic E-state index is 6.09. The zero-order chi connectivity index (χ0) is 14.8. The van der Waals surface area contributed by atoms with Crippen LogP contribution in [0.4, 0.5) is 17.5 Å². The average molecular weight is 292 g/mol. The van der Waals surface area contributed by atoms with E-state index >= 15 is 0 Å². The van der Waals surface area contributed by atoms with Crippen LogP contribution in [0.5, 0.6) is 0 Å². The molecule has 0 saturated carbocycles. The third-order valence-corrected chi connectivity index (χ3v) is 2.90. The predicted molar refractivity (Wildman–Crippen MR) is 82.7 cm³/mol. The van der Waals surface area contributed by atoms with Gasteiger partial charge in [0.25, 0.3) is 0 Å². The van der Waals surface area contributed by atoms with Crippen molar-refractivity contribution in [2.24, 2.45) is 0 Å². The predicted octanol–water partition coefficient (Wildman–Crippen LogP) is 3.79. The van der Waals surface area contributed by atoms with E-state index in [1.165, 1.54) is 0 Å². The number of hydrogen-bond donors (Lipinski definition) is 2. The Kier molecular flexibility index (Phi) is 4.09. The van der Waals surface area contributed by atoms with Gasteiger partial charge in [0.05, 0.1) is 6.20 Å². The number of aryl methyl sites for hydroxylation is 1. The van der Waals surface area contributed by atoms with E-state index in [0.717, 1.165) is 11.3 Å². The van der Waals surface area contributed by atoms with Crippen molar-refractivity contribution >= 4 is 29.1 Å². The Morgan fingerprint density at radius 2 is 1.95 bits per heavy atom. The molecule has 5 nitrogen and oxygen atoms in total. The van der Waals surface area contributed by atoms with Gasteiger partial charge in [-0.05, 0) is 45.4 Å². The van der Waals surface area contributed by atoms with Gasteiger partial charge in [0.2, 0.25) is 5.95 Å². The third kappa shape index (κ3) is 4.06. The molecule has 0 saturated heterocycles. The van der Waals surface area contributed by atoms with Gasteiger partial charge in [-0.1, -0.05) is 17.7 Å². The number of benzene rings is 1. The fourth-order valence-corrected chi connectivity index (χ4v) is 1.78. The molecule has 0 aliphatic heterocycles. The summed E-state index contributed by atoms with van der Waals surface area (Å²) >= 11 is 6.09. The number of halogens is 1. The molecule has 6 heteroatoms. The van der Waals surface area contributed by atoms with Crippen molar-refractivity contribution in [3.8, 4) is 0 Å². The molecule has 2 rings (SSSR count). The van der Waals surface area contributed by atoms with Crippen molar-refractivity contribution in [1.29, 1.82) is 0 Å². The second-order valence-corrected chi connectivity index (χ2v) is 6.04. The highest BCUT2D eigenvalue weighted by Gasteiger charge is 2.11. The number of nitrogens with one attached hydrogen (secondary N) is 2. The Bertz CT molecular complexity index is 607. The van der Waals surface area contributed by atoms with Gasteiger partial charge in [-0.2, -0.15) is 10.1 Å². The zero-order valence-electron chi connectivity index (χ0n) is 12.0. The molecule has 0 aliphatic carbocycles. The molecule has 2 aromatic rings. The molecular formula is C14H18ClN5. The van der Waals surface area contributed by atoms with E-state index in [-0.39, 0.29) is 5.54 Å². The third-order valence-electron chi connectivity index (χ3n) is 2.49. The molecule has 0 atom stereocenters. The number of rotatable bonds is 3. The highest BCUT2D eigenvalue weighted by molar-refractivity contribution is 6.31. The van der Waals surface area contributed by atoms with Gasteiger partial charge < -0.3 is 10.6 Å². The van der Waals surface area contributed by atoms with Crippen molar-refractivity contribution in [2.45, 2.75) is 33.2 Å². The second kappa shape index (κ2) is 5.63. The van der Waals surface area contributed by atoms with E-state index in [0.29, 0.717) is 16.8 Å². The second-order valence-electron chi connectivity index (χ2n) is 5.63. The summed E-state index contributed by atoms with van der Waals surface area (Å²) in [5.74, 6) is 1.10. The summed E-state index contributed by atoms with van der Waals surface area (Å²) in [7, 11) is 0. The van der Waals surface area contributed by atoms with E-state index < -0.39 is 0 Å². The molecule has 0 bridgehead atoms. The highest BCUT2D eigenvalue weighted by atomic mass is 35.5. The van der Waals surface area contributed by atoms with Crippen LogP contribution in [0, 0.1) is 6.92 Å². The van der Waals surface area contributed by atoms with Crippen LogP contribution < -0.4 is 10.6 Å².